The summed E-state index contributed by atoms with van der Waals surface area (Å²) in [7, 11) is 1.27. The van der Waals surface area contributed by atoms with E-state index in [-0.39, 0.29) is 35.7 Å². The van der Waals surface area contributed by atoms with Gasteiger partial charge in [0.15, 0.2) is 5.78 Å². The highest BCUT2D eigenvalue weighted by Crippen LogP contribution is 2.35. The van der Waals surface area contributed by atoms with E-state index in [9.17, 15) is 14.4 Å². The quantitative estimate of drug-likeness (QED) is 0.525. The maximum absolute atomic E-state index is 11.7. The Morgan fingerprint density at radius 1 is 1.31 bits per heavy atom. The summed E-state index contributed by atoms with van der Waals surface area (Å²) >= 11 is 0. The van der Waals surface area contributed by atoms with Gasteiger partial charge in [-0.15, -0.1) is 0 Å². The molecule has 1 saturated carbocycles. The molecular weight excluding hydrogens is 208 g/mol. The van der Waals surface area contributed by atoms with Crippen molar-refractivity contribution in [3.8, 4) is 0 Å². The van der Waals surface area contributed by atoms with Crippen LogP contribution >= 0.6 is 0 Å². The minimum absolute atomic E-state index is 0.0485. The molecule has 0 aromatic rings. The average Bonchev–Trinajstić information content (AvgIpc) is 2.15. The van der Waals surface area contributed by atoms with Crippen molar-refractivity contribution in [1.29, 1.82) is 0 Å². The third-order valence-corrected chi connectivity index (χ3v) is 3.33. The molecule has 0 aromatic heterocycles. The zero-order valence-electron chi connectivity index (χ0n) is 10.1. The van der Waals surface area contributed by atoms with E-state index < -0.39 is 11.9 Å². The third-order valence-electron chi connectivity index (χ3n) is 3.33. The van der Waals surface area contributed by atoms with E-state index >= 15 is 0 Å². The van der Waals surface area contributed by atoms with Gasteiger partial charge >= 0.3 is 5.97 Å². The fourth-order valence-corrected chi connectivity index (χ4v) is 2.65. The molecule has 0 N–H and O–H groups in total. The summed E-state index contributed by atoms with van der Waals surface area (Å²) in [5.74, 6) is -1.98. The minimum atomic E-state index is -0.768. The molecule has 1 aliphatic rings. The molecule has 0 aromatic carbocycles. The number of rotatable bonds is 2. The van der Waals surface area contributed by atoms with E-state index in [0.717, 1.165) is 0 Å². The van der Waals surface area contributed by atoms with Gasteiger partial charge in [-0.1, -0.05) is 20.8 Å². The number of ether oxygens (including phenoxy) is 1. The van der Waals surface area contributed by atoms with E-state index in [1.165, 1.54) is 7.11 Å². The van der Waals surface area contributed by atoms with Crippen LogP contribution in [0.4, 0.5) is 0 Å². The lowest BCUT2D eigenvalue weighted by molar-refractivity contribution is -0.156. The molecule has 1 aliphatic carbocycles. The average molecular weight is 226 g/mol. The molecule has 90 valence electrons. The van der Waals surface area contributed by atoms with Gasteiger partial charge in [-0.25, -0.2) is 0 Å². The predicted molar refractivity (Wildman–Crippen MR) is 57.6 cm³/mol. The van der Waals surface area contributed by atoms with Crippen LogP contribution in [0.15, 0.2) is 0 Å². The first kappa shape index (κ1) is 12.9. The van der Waals surface area contributed by atoms with Gasteiger partial charge in [-0.2, -0.15) is 0 Å². The maximum atomic E-state index is 11.7. The van der Waals surface area contributed by atoms with Crippen LogP contribution in [0.25, 0.3) is 0 Å². The predicted octanol–water partition coefficient (Wildman–Crippen LogP) is 1.23. The number of hydrogen-bond acceptors (Lipinski definition) is 4. The van der Waals surface area contributed by atoms with Crippen LogP contribution in [0.5, 0.6) is 0 Å². The van der Waals surface area contributed by atoms with Crippen molar-refractivity contribution in [1.82, 2.24) is 0 Å². The molecule has 1 rings (SSSR count). The van der Waals surface area contributed by atoms with Crippen LogP contribution in [0.3, 0.4) is 0 Å². The van der Waals surface area contributed by atoms with E-state index in [1.54, 1.807) is 6.92 Å². The maximum Gasteiger partial charge on any atom is 0.316 e. The molecular formula is C12H18O4. The van der Waals surface area contributed by atoms with Gasteiger partial charge in [-0.3, -0.25) is 14.4 Å². The standard InChI is InChI=1S/C12H18O4/c1-6(2)10-7(3)11(12(15)16-4)9(14)5-8(10)13/h6-7,10-11H,5H2,1-4H3. The Morgan fingerprint density at radius 3 is 2.31 bits per heavy atom. The molecule has 0 radical (unpaired) electrons. The summed E-state index contributed by atoms with van der Waals surface area (Å²) in [5.41, 5.74) is 0. The molecule has 3 atom stereocenters. The summed E-state index contributed by atoms with van der Waals surface area (Å²) in [6, 6.07) is 0. The van der Waals surface area contributed by atoms with Gasteiger partial charge in [0.05, 0.1) is 13.5 Å². The first-order chi connectivity index (χ1) is 7.40. The number of Topliss-reactive ketones (excluding diaryl/α,β-unsaturated/α-hetero) is 2. The molecule has 1 fully saturated rings. The van der Waals surface area contributed by atoms with Gasteiger partial charge in [0.2, 0.25) is 0 Å². The van der Waals surface area contributed by atoms with Crippen molar-refractivity contribution in [3.05, 3.63) is 0 Å². The van der Waals surface area contributed by atoms with Crippen LogP contribution in [0.1, 0.15) is 27.2 Å². The van der Waals surface area contributed by atoms with Crippen LogP contribution in [0, 0.1) is 23.7 Å². The van der Waals surface area contributed by atoms with Crippen molar-refractivity contribution in [2.24, 2.45) is 23.7 Å². The Balaban J connectivity index is 2.98. The summed E-state index contributed by atoms with van der Waals surface area (Å²) in [5, 5.41) is 0. The second kappa shape index (κ2) is 4.76. The topological polar surface area (TPSA) is 60.4 Å². The molecule has 3 unspecified atom stereocenters. The molecule has 4 heteroatoms. The Kier molecular flexibility index (Phi) is 3.83. The lowest BCUT2D eigenvalue weighted by atomic mass is 9.67. The molecule has 0 saturated heterocycles. The van der Waals surface area contributed by atoms with E-state index in [1.807, 2.05) is 13.8 Å². The molecule has 16 heavy (non-hydrogen) atoms. The van der Waals surface area contributed by atoms with Gasteiger partial charge in [0, 0.05) is 5.92 Å². The van der Waals surface area contributed by atoms with Crippen LogP contribution in [0.2, 0.25) is 0 Å². The van der Waals surface area contributed by atoms with Crippen molar-refractivity contribution in [2.45, 2.75) is 27.2 Å². The van der Waals surface area contributed by atoms with E-state index in [4.69, 9.17) is 0 Å². The van der Waals surface area contributed by atoms with Crippen LogP contribution < -0.4 is 0 Å². The Morgan fingerprint density at radius 2 is 1.88 bits per heavy atom. The summed E-state index contributed by atoms with van der Waals surface area (Å²) < 4.78 is 4.62. The Hall–Kier alpha value is -1.19. The van der Waals surface area contributed by atoms with E-state index in [2.05, 4.69) is 4.74 Å². The molecule has 0 heterocycles. The number of ketones is 2. The zero-order valence-corrected chi connectivity index (χ0v) is 10.1. The molecule has 0 spiro atoms. The molecule has 0 bridgehead atoms. The number of esters is 1. The number of hydrogen-bond donors (Lipinski definition) is 0. The van der Waals surface area contributed by atoms with Crippen molar-refractivity contribution in [2.75, 3.05) is 7.11 Å². The second-order valence-corrected chi connectivity index (χ2v) is 4.74. The zero-order chi connectivity index (χ0) is 12.5. The normalized spacial score (nSPS) is 30.7. The molecule has 0 aliphatic heterocycles. The monoisotopic (exact) mass is 226 g/mol. The first-order valence-corrected chi connectivity index (χ1v) is 5.53. The molecule has 4 nitrogen and oxygen atoms in total. The fourth-order valence-electron chi connectivity index (χ4n) is 2.65. The van der Waals surface area contributed by atoms with Crippen LogP contribution in [-0.4, -0.2) is 24.6 Å². The smallest absolute Gasteiger partial charge is 0.316 e. The van der Waals surface area contributed by atoms with E-state index in [0.29, 0.717) is 0 Å². The lowest BCUT2D eigenvalue weighted by Crippen LogP contribution is -2.45. The van der Waals surface area contributed by atoms with Gasteiger partial charge < -0.3 is 4.74 Å². The largest absolute Gasteiger partial charge is 0.468 e. The highest BCUT2D eigenvalue weighted by atomic mass is 16.5. The van der Waals surface area contributed by atoms with Crippen molar-refractivity contribution in [3.63, 3.8) is 0 Å². The highest BCUT2D eigenvalue weighted by molar-refractivity contribution is 6.11. The van der Waals surface area contributed by atoms with Gasteiger partial charge in [-0.05, 0) is 11.8 Å². The van der Waals surface area contributed by atoms with Crippen molar-refractivity contribution >= 4 is 17.5 Å². The summed E-state index contributed by atoms with van der Waals surface area (Å²) in [6.07, 6.45) is -0.132. The Labute approximate surface area is 95.3 Å². The first-order valence-electron chi connectivity index (χ1n) is 5.53. The van der Waals surface area contributed by atoms with Gasteiger partial charge in [0.1, 0.15) is 11.7 Å². The van der Waals surface area contributed by atoms with Crippen molar-refractivity contribution < 1.29 is 19.1 Å². The highest BCUT2D eigenvalue weighted by Gasteiger charge is 2.46. The number of carbonyl (C=O) groups is 3. The summed E-state index contributed by atoms with van der Waals surface area (Å²) in [6.45, 7) is 5.65. The molecule has 0 amide bonds. The number of carbonyl (C=O) groups excluding carboxylic acids is 3. The minimum Gasteiger partial charge on any atom is -0.468 e. The summed E-state index contributed by atoms with van der Waals surface area (Å²) in [4.78, 5) is 34.9. The fraction of sp³-hybridized carbons (Fsp3) is 0.750. The Bertz CT molecular complexity index is 319. The van der Waals surface area contributed by atoms with Gasteiger partial charge in [0.25, 0.3) is 0 Å². The van der Waals surface area contributed by atoms with Crippen LogP contribution in [-0.2, 0) is 19.1 Å². The second-order valence-electron chi connectivity index (χ2n) is 4.74. The third kappa shape index (κ3) is 2.15. The number of methoxy groups -OCH3 is 1. The SMILES string of the molecule is COC(=O)C1C(=O)CC(=O)C(C(C)C)C1C. The lowest BCUT2D eigenvalue weighted by Gasteiger charge is -2.34.